The molecule has 2 aromatic carbocycles. The molecule has 2 fully saturated rings. The van der Waals surface area contributed by atoms with Crippen LogP contribution in [0.15, 0.2) is 61.8 Å². The Bertz CT molecular complexity index is 1410. The highest BCUT2D eigenvalue weighted by molar-refractivity contribution is 7.80. The lowest BCUT2D eigenvalue weighted by atomic mass is 9.81. The molecular weight excluding hydrogens is 538 g/mol. The molecule has 1 saturated carbocycles. The van der Waals surface area contributed by atoms with Crippen LogP contribution < -0.4 is 10.0 Å². The summed E-state index contributed by atoms with van der Waals surface area (Å²) >= 11 is -1.32. The number of hydrogen-bond donors (Lipinski definition) is 2. The van der Waals surface area contributed by atoms with Gasteiger partial charge >= 0.3 is 0 Å². The van der Waals surface area contributed by atoms with Crippen molar-refractivity contribution in [3.63, 3.8) is 0 Å². The summed E-state index contributed by atoms with van der Waals surface area (Å²) in [7, 11) is 5.76. The summed E-state index contributed by atoms with van der Waals surface area (Å²) in [5, 5.41) is 4.84. The quantitative estimate of drug-likeness (QED) is 0.319. The Kier molecular flexibility index (Phi) is 10.2. The first-order chi connectivity index (χ1) is 20.4. The Morgan fingerprint density at radius 2 is 1.74 bits per heavy atom. The van der Waals surface area contributed by atoms with E-state index < -0.39 is 11.2 Å². The molecule has 0 radical (unpaired) electrons. The van der Waals surface area contributed by atoms with Gasteiger partial charge in [-0.1, -0.05) is 75.2 Å². The second-order valence-electron chi connectivity index (χ2n) is 12.4. The molecule has 6 nitrogen and oxygen atoms in total. The first kappa shape index (κ1) is 30.6. The summed E-state index contributed by atoms with van der Waals surface area (Å²) in [6.07, 6.45) is 13.5. The van der Waals surface area contributed by atoms with E-state index in [-0.39, 0.29) is 6.04 Å². The van der Waals surface area contributed by atoms with Gasteiger partial charge in [-0.2, -0.15) is 0 Å². The predicted octanol–water partition coefficient (Wildman–Crippen LogP) is 6.82. The lowest BCUT2D eigenvalue weighted by Crippen LogP contribution is -2.30. The largest absolute Gasteiger partial charge is 0.386 e. The van der Waals surface area contributed by atoms with Crippen molar-refractivity contribution in [3.05, 3.63) is 78.5 Å². The summed E-state index contributed by atoms with van der Waals surface area (Å²) in [6.45, 7) is 11.6. The number of likely N-dealkylation sites (tertiary alicyclic amines) is 1. The van der Waals surface area contributed by atoms with E-state index in [9.17, 15) is 4.21 Å². The van der Waals surface area contributed by atoms with E-state index in [0.717, 1.165) is 18.5 Å². The molecule has 2 N–H and O–H groups in total. The third kappa shape index (κ3) is 6.85. The minimum atomic E-state index is -1.32. The Morgan fingerprint density at radius 3 is 2.40 bits per heavy atom. The average Bonchev–Trinajstić information content (AvgIpc) is 3.22. The molecule has 226 valence electrons. The van der Waals surface area contributed by atoms with E-state index in [1.54, 1.807) is 18.4 Å². The molecule has 2 unspecified atom stereocenters. The molecule has 3 aromatic rings. The van der Waals surface area contributed by atoms with Crippen molar-refractivity contribution in [1.29, 1.82) is 0 Å². The molecule has 7 heteroatoms. The highest BCUT2D eigenvalue weighted by Gasteiger charge is 2.30. The van der Waals surface area contributed by atoms with Gasteiger partial charge in [-0.15, -0.1) is 0 Å². The number of nitrogens with one attached hydrogen (secondary N) is 2. The van der Waals surface area contributed by atoms with Crippen molar-refractivity contribution in [2.45, 2.75) is 76.3 Å². The molecule has 0 spiro atoms. The molecule has 2 atom stereocenters. The van der Waals surface area contributed by atoms with Crippen LogP contribution in [0.25, 0.3) is 27.9 Å². The molecule has 1 aliphatic carbocycles. The van der Waals surface area contributed by atoms with E-state index in [4.69, 9.17) is 0 Å². The molecule has 0 bridgehead atoms. The second kappa shape index (κ2) is 14.1. The van der Waals surface area contributed by atoms with E-state index >= 15 is 0 Å². The zero-order chi connectivity index (χ0) is 29.6. The number of fused-ring (bicyclic) bond motifs is 5. The van der Waals surface area contributed by atoms with Crippen LogP contribution in [0.2, 0.25) is 0 Å². The van der Waals surface area contributed by atoms with Crippen LogP contribution in [0.1, 0.15) is 74.0 Å². The monoisotopic (exact) mass is 587 g/mol. The van der Waals surface area contributed by atoms with Gasteiger partial charge in [-0.05, 0) is 81.6 Å². The summed E-state index contributed by atoms with van der Waals surface area (Å²) < 4.78 is 19.6. The Morgan fingerprint density at radius 1 is 1.02 bits per heavy atom. The highest BCUT2D eigenvalue weighted by atomic mass is 32.2. The number of benzene rings is 2. The Labute approximate surface area is 255 Å². The topological polar surface area (TPSA) is 52.5 Å². The van der Waals surface area contributed by atoms with Gasteiger partial charge in [-0.25, -0.2) is 8.51 Å². The minimum Gasteiger partial charge on any atom is -0.386 e. The lowest BCUT2D eigenvalue weighted by molar-refractivity contribution is 0.277. The van der Waals surface area contributed by atoms with Crippen molar-refractivity contribution in [2.75, 3.05) is 34.2 Å². The van der Waals surface area contributed by atoms with E-state index in [0.29, 0.717) is 11.6 Å². The minimum absolute atomic E-state index is 0.260. The number of hydrogen-bond acceptors (Lipinski definition) is 3. The van der Waals surface area contributed by atoms with Crippen molar-refractivity contribution >= 4 is 27.8 Å². The lowest BCUT2D eigenvalue weighted by Gasteiger charge is -2.24. The molecule has 2 aliphatic heterocycles. The average molecular weight is 588 g/mol. The van der Waals surface area contributed by atoms with Crippen LogP contribution in [-0.2, 0) is 24.1 Å². The summed E-state index contributed by atoms with van der Waals surface area (Å²) in [4.78, 5) is 2.39. The van der Waals surface area contributed by atoms with Gasteiger partial charge in [0.25, 0.3) is 0 Å². The van der Waals surface area contributed by atoms with Gasteiger partial charge in [0, 0.05) is 54.4 Å². The zero-order valence-electron chi connectivity index (χ0n) is 25.8. The second-order valence-corrected chi connectivity index (χ2v) is 13.8. The number of aromatic nitrogens is 1. The molecule has 42 heavy (non-hydrogen) atoms. The first-order valence-corrected chi connectivity index (χ1v) is 16.8. The molecular formula is C35H49N5OS. The third-order valence-corrected chi connectivity index (χ3v) is 10.2. The molecule has 6 rings (SSSR count). The highest BCUT2D eigenvalue weighted by Crippen LogP contribution is 2.46. The van der Waals surface area contributed by atoms with Crippen molar-refractivity contribution in [3.8, 4) is 11.3 Å². The van der Waals surface area contributed by atoms with E-state index in [1.807, 2.05) is 6.20 Å². The summed E-state index contributed by atoms with van der Waals surface area (Å²) in [5.74, 6) is 0.577. The van der Waals surface area contributed by atoms with Crippen molar-refractivity contribution in [1.82, 2.24) is 23.8 Å². The maximum atomic E-state index is 12.4. The van der Waals surface area contributed by atoms with Gasteiger partial charge in [0.15, 0.2) is 11.2 Å². The summed E-state index contributed by atoms with van der Waals surface area (Å²) in [5.41, 5.74) is 8.49. The van der Waals surface area contributed by atoms with E-state index in [2.05, 4.69) is 82.2 Å². The van der Waals surface area contributed by atoms with Gasteiger partial charge < -0.3 is 14.8 Å². The van der Waals surface area contributed by atoms with E-state index in [1.165, 1.54) is 97.7 Å². The standard InChI is InChI=1S/C29H36N4OS.C6H13N/c1-5-30-24-17-23-13-9-10-14-25(23)29-28(21-11-7-6-8-12-21)26-16-15-22(18-27(26)33(29)19-24)20(2)31-35(34)32(3)4;1-7-5-3-2-4-6-7/h5,9-10,13-16,18,21,24,30-31H,1-2,6-8,11-12,17,19H2,3-4H3;2-6H2,1H3. The van der Waals surface area contributed by atoms with Crippen LogP contribution in [-0.4, -0.2) is 58.3 Å². The summed E-state index contributed by atoms with van der Waals surface area (Å²) in [6, 6.07) is 15.8. The zero-order valence-corrected chi connectivity index (χ0v) is 26.6. The van der Waals surface area contributed by atoms with Crippen LogP contribution in [0.5, 0.6) is 0 Å². The van der Waals surface area contributed by atoms with Gasteiger partial charge in [-0.3, -0.25) is 4.72 Å². The normalized spacial score (nSPS) is 20.0. The fraction of sp³-hybridized carbons (Fsp3) is 0.486. The molecule has 1 aromatic heterocycles. The number of nitrogens with zero attached hydrogens (tertiary/aromatic N) is 3. The van der Waals surface area contributed by atoms with Crippen molar-refractivity contribution < 1.29 is 4.21 Å². The number of rotatable bonds is 7. The van der Waals surface area contributed by atoms with Crippen LogP contribution in [0, 0.1) is 0 Å². The maximum Gasteiger partial charge on any atom is 0.195 e. The smallest absolute Gasteiger partial charge is 0.195 e. The van der Waals surface area contributed by atoms with Gasteiger partial charge in [0.1, 0.15) is 0 Å². The SMILES string of the molecule is C=CNC1Cc2ccccc2-c2c(C3CCCCC3)c3ccc(C(=C)NS(=O)N(C)C)cc3n2C1.CN1CCCCC1. The maximum absolute atomic E-state index is 12.4. The van der Waals surface area contributed by atoms with Gasteiger partial charge in [0.05, 0.1) is 5.69 Å². The number of piperidine rings is 1. The molecule has 3 heterocycles. The fourth-order valence-electron chi connectivity index (χ4n) is 6.91. The third-order valence-electron chi connectivity index (χ3n) is 9.08. The van der Waals surface area contributed by atoms with Gasteiger partial charge in [0.2, 0.25) is 0 Å². The molecule has 3 aliphatic rings. The fourth-order valence-corrected chi connectivity index (χ4v) is 7.43. The molecule has 1 saturated heterocycles. The van der Waals surface area contributed by atoms with Crippen LogP contribution in [0.3, 0.4) is 0 Å². The predicted molar refractivity (Wildman–Crippen MR) is 179 cm³/mol. The Hall–Kier alpha value is -2.87. The first-order valence-electron chi connectivity index (χ1n) is 15.7. The van der Waals surface area contributed by atoms with Crippen molar-refractivity contribution in [2.24, 2.45) is 0 Å². The van der Waals surface area contributed by atoms with Crippen LogP contribution in [0.4, 0.5) is 0 Å². The Balaban J connectivity index is 0.000000442. The molecule has 0 amide bonds. The van der Waals surface area contributed by atoms with Crippen LogP contribution >= 0.6 is 0 Å².